The molecule has 0 heterocycles. The summed E-state index contributed by atoms with van der Waals surface area (Å²) in [4.78, 5) is 0. The average molecular weight is 221 g/mol. The summed E-state index contributed by atoms with van der Waals surface area (Å²) in [6.07, 6.45) is 0. The first kappa shape index (κ1) is 12.9. The molecule has 0 radical (unpaired) electrons. The molecular formula is C14H23NO. The molecule has 1 N–H and O–H groups in total. The Morgan fingerprint density at radius 1 is 1.19 bits per heavy atom. The van der Waals surface area contributed by atoms with Gasteiger partial charge in [-0.1, -0.05) is 20.8 Å². The lowest BCUT2D eigenvalue weighted by atomic mass is 9.86. The van der Waals surface area contributed by atoms with Gasteiger partial charge in [0.05, 0.1) is 7.11 Å². The molecule has 0 unspecified atom stereocenters. The van der Waals surface area contributed by atoms with Crippen molar-refractivity contribution >= 4 is 5.69 Å². The van der Waals surface area contributed by atoms with Gasteiger partial charge in [0.1, 0.15) is 5.75 Å². The molecule has 0 aliphatic rings. The van der Waals surface area contributed by atoms with Crippen LogP contribution in [-0.2, 0) is 5.41 Å². The van der Waals surface area contributed by atoms with Crippen LogP contribution in [0.3, 0.4) is 0 Å². The Labute approximate surface area is 99.0 Å². The van der Waals surface area contributed by atoms with Crippen molar-refractivity contribution in [3.8, 4) is 5.75 Å². The van der Waals surface area contributed by atoms with Crippen molar-refractivity contribution in [2.45, 2.75) is 46.1 Å². The molecule has 2 heteroatoms. The molecule has 1 aromatic rings. The van der Waals surface area contributed by atoms with Crippen LogP contribution in [0.2, 0.25) is 0 Å². The van der Waals surface area contributed by atoms with E-state index in [9.17, 15) is 0 Å². The standard InChI is InChI=1S/C14H23NO/c1-10(2)15-11-7-8-13(16-6)12(9-11)14(3,4)5/h7-10,15H,1-6H3. The van der Waals surface area contributed by atoms with Crippen LogP contribution in [0, 0.1) is 0 Å². The smallest absolute Gasteiger partial charge is 0.122 e. The van der Waals surface area contributed by atoms with E-state index >= 15 is 0 Å². The summed E-state index contributed by atoms with van der Waals surface area (Å²) < 4.78 is 5.40. The molecule has 0 spiro atoms. The summed E-state index contributed by atoms with van der Waals surface area (Å²) in [5.74, 6) is 0.960. The molecule has 0 saturated carbocycles. The van der Waals surface area contributed by atoms with Crippen molar-refractivity contribution in [2.75, 3.05) is 12.4 Å². The minimum atomic E-state index is 0.0972. The molecule has 0 amide bonds. The second-order valence-electron chi connectivity index (χ2n) is 5.46. The van der Waals surface area contributed by atoms with Gasteiger partial charge >= 0.3 is 0 Å². The van der Waals surface area contributed by atoms with E-state index in [1.54, 1.807) is 7.11 Å². The first-order valence-corrected chi connectivity index (χ1v) is 5.79. The third-order valence-electron chi connectivity index (χ3n) is 2.46. The van der Waals surface area contributed by atoms with Gasteiger partial charge in [0.25, 0.3) is 0 Å². The van der Waals surface area contributed by atoms with Gasteiger partial charge in [-0.25, -0.2) is 0 Å². The van der Waals surface area contributed by atoms with Crippen molar-refractivity contribution < 1.29 is 4.74 Å². The van der Waals surface area contributed by atoms with Gasteiger partial charge in [0, 0.05) is 17.3 Å². The van der Waals surface area contributed by atoms with Gasteiger partial charge in [0.2, 0.25) is 0 Å². The highest BCUT2D eigenvalue weighted by atomic mass is 16.5. The van der Waals surface area contributed by atoms with E-state index in [0.29, 0.717) is 6.04 Å². The molecule has 90 valence electrons. The monoisotopic (exact) mass is 221 g/mol. The van der Waals surface area contributed by atoms with Gasteiger partial charge in [0.15, 0.2) is 0 Å². The molecule has 1 rings (SSSR count). The van der Waals surface area contributed by atoms with Crippen LogP contribution in [0.1, 0.15) is 40.2 Å². The lowest BCUT2D eigenvalue weighted by Crippen LogP contribution is -2.15. The highest BCUT2D eigenvalue weighted by Crippen LogP contribution is 2.33. The van der Waals surface area contributed by atoms with Crippen LogP contribution in [0.4, 0.5) is 5.69 Å². The Morgan fingerprint density at radius 3 is 2.25 bits per heavy atom. The molecule has 0 fully saturated rings. The van der Waals surface area contributed by atoms with Gasteiger partial charge in [-0.2, -0.15) is 0 Å². The highest BCUT2D eigenvalue weighted by Gasteiger charge is 2.19. The Balaban J connectivity index is 3.12. The maximum absolute atomic E-state index is 5.40. The van der Waals surface area contributed by atoms with Crippen molar-refractivity contribution in [1.29, 1.82) is 0 Å². The summed E-state index contributed by atoms with van der Waals surface area (Å²) in [5.41, 5.74) is 2.49. The fourth-order valence-electron chi connectivity index (χ4n) is 1.72. The summed E-state index contributed by atoms with van der Waals surface area (Å²) >= 11 is 0. The van der Waals surface area contributed by atoms with Crippen molar-refractivity contribution in [3.63, 3.8) is 0 Å². The summed E-state index contributed by atoms with van der Waals surface area (Å²) in [5, 5.41) is 3.41. The maximum atomic E-state index is 5.40. The van der Waals surface area contributed by atoms with Gasteiger partial charge in [-0.3, -0.25) is 0 Å². The molecule has 0 atom stereocenters. The molecule has 16 heavy (non-hydrogen) atoms. The number of hydrogen-bond acceptors (Lipinski definition) is 2. The number of benzene rings is 1. The average Bonchev–Trinajstić information content (AvgIpc) is 2.15. The number of hydrogen-bond donors (Lipinski definition) is 1. The number of anilines is 1. The third kappa shape index (κ3) is 3.16. The van der Waals surface area contributed by atoms with E-state index in [4.69, 9.17) is 4.74 Å². The second kappa shape index (κ2) is 4.77. The van der Waals surface area contributed by atoms with Gasteiger partial charge in [-0.05, 0) is 37.5 Å². The number of nitrogens with one attached hydrogen (secondary N) is 1. The molecular weight excluding hydrogens is 198 g/mol. The zero-order valence-corrected chi connectivity index (χ0v) is 11.2. The normalized spacial score (nSPS) is 11.7. The van der Waals surface area contributed by atoms with E-state index in [1.807, 2.05) is 6.07 Å². The fraction of sp³-hybridized carbons (Fsp3) is 0.571. The Hall–Kier alpha value is -1.18. The lowest BCUT2D eigenvalue weighted by molar-refractivity contribution is 0.397. The largest absolute Gasteiger partial charge is 0.496 e. The lowest BCUT2D eigenvalue weighted by Gasteiger charge is -2.23. The van der Waals surface area contributed by atoms with Gasteiger partial charge < -0.3 is 10.1 Å². The van der Waals surface area contributed by atoms with Crippen LogP contribution in [-0.4, -0.2) is 13.2 Å². The zero-order chi connectivity index (χ0) is 12.3. The van der Waals surface area contributed by atoms with E-state index in [2.05, 4.69) is 52.1 Å². The van der Waals surface area contributed by atoms with Crippen LogP contribution in [0.15, 0.2) is 18.2 Å². The van der Waals surface area contributed by atoms with Crippen molar-refractivity contribution in [2.24, 2.45) is 0 Å². The van der Waals surface area contributed by atoms with E-state index in [0.717, 1.165) is 11.4 Å². The first-order valence-electron chi connectivity index (χ1n) is 5.79. The molecule has 0 aromatic heterocycles. The molecule has 0 bridgehead atoms. The number of rotatable bonds is 3. The van der Waals surface area contributed by atoms with Crippen molar-refractivity contribution in [3.05, 3.63) is 23.8 Å². The highest BCUT2D eigenvalue weighted by molar-refractivity contribution is 5.53. The topological polar surface area (TPSA) is 21.3 Å². The number of ether oxygens (including phenoxy) is 1. The Bertz CT molecular complexity index is 350. The number of methoxy groups -OCH3 is 1. The maximum Gasteiger partial charge on any atom is 0.122 e. The summed E-state index contributed by atoms with van der Waals surface area (Å²) in [6, 6.07) is 6.72. The van der Waals surface area contributed by atoms with E-state index in [1.165, 1.54) is 5.56 Å². The van der Waals surface area contributed by atoms with Crippen LogP contribution in [0.5, 0.6) is 5.75 Å². The molecule has 0 aliphatic heterocycles. The summed E-state index contributed by atoms with van der Waals surface area (Å²) in [6.45, 7) is 10.9. The molecule has 0 saturated heterocycles. The second-order valence-corrected chi connectivity index (χ2v) is 5.46. The predicted molar refractivity (Wildman–Crippen MR) is 70.5 cm³/mol. The SMILES string of the molecule is COc1ccc(NC(C)C)cc1C(C)(C)C. The molecule has 1 aromatic carbocycles. The van der Waals surface area contributed by atoms with Crippen LogP contribution in [0.25, 0.3) is 0 Å². The van der Waals surface area contributed by atoms with E-state index < -0.39 is 0 Å². The van der Waals surface area contributed by atoms with Gasteiger partial charge in [-0.15, -0.1) is 0 Å². The quantitative estimate of drug-likeness (QED) is 0.838. The minimum absolute atomic E-state index is 0.0972. The third-order valence-corrected chi connectivity index (χ3v) is 2.46. The van der Waals surface area contributed by atoms with Crippen LogP contribution >= 0.6 is 0 Å². The first-order chi connectivity index (χ1) is 7.34. The fourth-order valence-corrected chi connectivity index (χ4v) is 1.72. The minimum Gasteiger partial charge on any atom is -0.496 e. The summed E-state index contributed by atoms with van der Waals surface area (Å²) in [7, 11) is 1.72. The predicted octanol–water partition coefficient (Wildman–Crippen LogP) is 3.81. The zero-order valence-electron chi connectivity index (χ0n) is 11.2. The van der Waals surface area contributed by atoms with Crippen molar-refractivity contribution in [1.82, 2.24) is 0 Å². The Morgan fingerprint density at radius 2 is 1.81 bits per heavy atom. The molecule has 0 aliphatic carbocycles. The molecule has 2 nitrogen and oxygen atoms in total. The van der Waals surface area contributed by atoms with E-state index in [-0.39, 0.29) is 5.41 Å². The Kier molecular flexibility index (Phi) is 3.84. The van der Waals surface area contributed by atoms with Crippen LogP contribution < -0.4 is 10.1 Å².